The molecule has 1 aliphatic heterocycles. The fourth-order valence-corrected chi connectivity index (χ4v) is 2.04. The van der Waals surface area contributed by atoms with E-state index in [4.69, 9.17) is 14.2 Å². The molecule has 2 rings (SSSR count). The Hall–Kier alpha value is -2.97. The van der Waals surface area contributed by atoms with Crippen LogP contribution in [0, 0.1) is 0 Å². The molecule has 2 N–H and O–H groups in total. The minimum atomic E-state index is -0.658. The predicted octanol–water partition coefficient (Wildman–Crippen LogP) is 1.09. The Labute approximate surface area is 151 Å². The van der Waals surface area contributed by atoms with Crippen LogP contribution in [0.2, 0.25) is 0 Å². The van der Waals surface area contributed by atoms with Crippen LogP contribution in [0.3, 0.4) is 0 Å². The second-order valence-corrected chi connectivity index (χ2v) is 6.70. The quantitative estimate of drug-likeness (QED) is 0.777. The third kappa shape index (κ3) is 5.54. The standard InChI is InChI=1S/C17H23N3O6/c1-17(2,3)26-16(23)20(4)10-14(21)18-19-15(22)11-5-6-12-13(9-11)25-8-7-24-12/h5-6,9H,7-8,10H2,1-4H3,(H,18,21)(H,19,22). The SMILES string of the molecule is CN(CC(=O)NNC(=O)c1ccc2c(c1)OCCO2)C(=O)OC(C)(C)C. The molecule has 142 valence electrons. The number of likely N-dealkylation sites (N-methyl/N-ethyl adjacent to an activating group) is 1. The van der Waals surface area contributed by atoms with E-state index < -0.39 is 23.5 Å². The number of ether oxygens (including phenoxy) is 3. The summed E-state index contributed by atoms with van der Waals surface area (Å²) in [5.74, 6) is -0.0461. The average Bonchev–Trinajstić information content (AvgIpc) is 2.57. The Kier molecular flexibility index (Phi) is 5.91. The van der Waals surface area contributed by atoms with E-state index in [9.17, 15) is 14.4 Å². The van der Waals surface area contributed by atoms with Gasteiger partial charge in [-0.15, -0.1) is 0 Å². The van der Waals surface area contributed by atoms with Crippen molar-refractivity contribution in [3.05, 3.63) is 23.8 Å². The number of carbonyl (C=O) groups excluding carboxylic acids is 3. The van der Waals surface area contributed by atoms with Crippen LogP contribution in [0.15, 0.2) is 18.2 Å². The van der Waals surface area contributed by atoms with Crippen molar-refractivity contribution in [2.75, 3.05) is 26.8 Å². The number of rotatable bonds is 3. The van der Waals surface area contributed by atoms with Gasteiger partial charge in [0.1, 0.15) is 25.4 Å². The lowest BCUT2D eigenvalue weighted by atomic mass is 10.2. The number of hydrazine groups is 1. The molecule has 9 nitrogen and oxygen atoms in total. The molecular weight excluding hydrogens is 342 g/mol. The highest BCUT2D eigenvalue weighted by molar-refractivity contribution is 5.96. The van der Waals surface area contributed by atoms with Gasteiger partial charge in [-0.25, -0.2) is 4.79 Å². The van der Waals surface area contributed by atoms with Gasteiger partial charge >= 0.3 is 6.09 Å². The molecule has 9 heteroatoms. The molecule has 0 atom stereocenters. The zero-order valence-electron chi connectivity index (χ0n) is 15.3. The summed E-state index contributed by atoms with van der Waals surface area (Å²) in [6, 6.07) is 4.71. The van der Waals surface area contributed by atoms with Gasteiger partial charge in [0.25, 0.3) is 11.8 Å². The number of hydrogen-bond acceptors (Lipinski definition) is 6. The summed E-state index contributed by atoms with van der Waals surface area (Å²) < 4.78 is 15.9. The van der Waals surface area contributed by atoms with E-state index in [1.165, 1.54) is 13.1 Å². The largest absolute Gasteiger partial charge is 0.486 e. The van der Waals surface area contributed by atoms with Crippen molar-refractivity contribution in [3.8, 4) is 11.5 Å². The van der Waals surface area contributed by atoms with E-state index in [0.717, 1.165) is 4.90 Å². The van der Waals surface area contributed by atoms with Crippen LogP contribution in [0.25, 0.3) is 0 Å². The molecule has 0 saturated carbocycles. The van der Waals surface area contributed by atoms with Gasteiger partial charge in [0, 0.05) is 12.6 Å². The van der Waals surface area contributed by atoms with Gasteiger partial charge < -0.3 is 19.1 Å². The van der Waals surface area contributed by atoms with Gasteiger partial charge in [-0.2, -0.15) is 0 Å². The monoisotopic (exact) mass is 365 g/mol. The van der Waals surface area contributed by atoms with E-state index in [2.05, 4.69) is 10.9 Å². The number of nitrogens with zero attached hydrogens (tertiary/aromatic N) is 1. The summed E-state index contributed by atoms with van der Waals surface area (Å²) in [6.07, 6.45) is -0.634. The molecule has 1 aromatic carbocycles. The van der Waals surface area contributed by atoms with Crippen molar-refractivity contribution < 1.29 is 28.6 Å². The summed E-state index contributed by atoms with van der Waals surface area (Å²) >= 11 is 0. The molecule has 0 bridgehead atoms. The van der Waals surface area contributed by atoms with Crippen molar-refractivity contribution in [3.63, 3.8) is 0 Å². The second-order valence-electron chi connectivity index (χ2n) is 6.70. The van der Waals surface area contributed by atoms with E-state index in [-0.39, 0.29) is 6.54 Å². The lowest BCUT2D eigenvalue weighted by molar-refractivity contribution is -0.122. The van der Waals surface area contributed by atoms with Gasteiger partial charge in [0.15, 0.2) is 11.5 Å². The smallest absolute Gasteiger partial charge is 0.410 e. The number of carbonyl (C=O) groups is 3. The minimum absolute atomic E-state index is 0.268. The Balaban J connectivity index is 1.83. The maximum Gasteiger partial charge on any atom is 0.410 e. The topological polar surface area (TPSA) is 106 Å². The Morgan fingerprint density at radius 1 is 1.12 bits per heavy atom. The normalized spacial score (nSPS) is 12.8. The average molecular weight is 365 g/mol. The molecule has 0 fully saturated rings. The van der Waals surface area contributed by atoms with Crippen molar-refractivity contribution in [2.24, 2.45) is 0 Å². The Morgan fingerprint density at radius 2 is 1.77 bits per heavy atom. The minimum Gasteiger partial charge on any atom is -0.486 e. The molecule has 1 aliphatic rings. The maximum absolute atomic E-state index is 12.1. The molecular formula is C17H23N3O6. The summed E-state index contributed by atoms with van der Waals surface area (Å²) in [5.41, 5.74) is 4.18. The fraction of sp³-hybridized carbons (Fsp3) is 0.471. The van der Waals surface area contributed by atoms with Crippen LogP contribution in [0.4, 0.5) is 4.79 Å². The lowest BCUT2D eigenvalue weighted by Gasteiger charge is -2.24. The van der Waals surface area contributed by atoms with Gasteiger partial charge in [0.2, 0.25) is 0 Å². The number of benzene rings is 1. The molecule has 0 spiro atoms. The van der Waals surface area contributed by atoms with Crippen LogP contribution >= 0.6 is 0 Å². The molecule has 1 aromatic rings. The van der Waals surface area contributed by atoms with E-state index >= 15 is 0 Å². The van der Waals surface area contributed by atoms with Crippen LogP contribution in [0.1, 0.15) is 31.1 Å². The van der Waals surface area contributed by atoms with Crippen LogP contribution in [-0.4, -0.2) is 55.2 Å². The van der Waals surface area contributed by atoms with Crippen molar-refractivity contribution in [1.82, 2.24) is 15.8 Å². The first-order valence-electron chi connectivity index (χ1n) is 8.08. The zero-order chi connectivity index (χ0) is 19.3. The summed E-state index contributed by atoms with van der Waals surface area (Å²) in [4.78, 5) is 36.9. The molecule has 1 heterocycles. The number of amides is 3. The van der Waals surface area contributed by atoms with Crippen molar-refractivity contribution >= 4 is 17.9 Å². The molecule has 3 amide bonds. The van der Waals surface area contributed by atoms with Crippen LogP contribution in [-0.2, 0) is 9.53 Å². The maximum atomic E-state index is 12.1. The first-order chi connectivity index (χ1) is 12.2. The van der Waals surface area contributed by atoms with Gasteiger partial charge in [-0.3, -0.25) is 20.4 Å². The third-order valence-corrected chi connectivity index (χ3v) is 3.21. The van der Waals surface area contributed by atoms with Gasteiger partial charge in [-0.05, 0) is 39.0 Å². The molecule has 0 saturated heterocycles. The highest BCUT2D eigenvalue weighted by atomic mass is 16.6. The number of nitrogens with one attached hydrogen (secondary N) is 2. The van der Waals surface area contributed by atoms with Crippen LogP contribution < -0.4 is 20.3 Å². The second kappa shape index (κ2) is 7.94. The van der Waals surface area contributed by atoms with Gasteiger partial charge in [0.05, 0.1) is 0 Å². The number of fused-ring (bicyclic) bond motifs is 1. The van der Waals surface area contributed by atoms with E-state index in [1.807, 2.05) is 0 Å². The first-order valence-corrected chi connectivity index (χ1v) is 8.08. The fourth-order valence-electron chi connectivity index (χ4n) is 2.04. The summed E-state index contributed by atoms with van der Waals surface area (Å²) in [7, 11) is 1.43. The molecule has 0 unspecified atom stereocenters. The zero-order valence-corrected chi connectivity index (χ0v) is 15.3. The van der Waals surface area contributed by atoms with E-state index in [1.54, 1.807) is 32.9 Å². The third-order valence-electron chi connectivity index (χ3n) is 3.21. The molecule has 0 aromatic heterocycles. The summed E-state index contributed by atoms with van der Waals surface area (Å²) in [5, 5.41) is 0. The molecule has 0 radical (unpaired) electrons. The molecule has 26 heavy (non-hydrogen) atoms. The predicted molar refractivity (Wildman–Crippen MR) is 91.9 cm³/mol. The van der Waals surface area contributed by atoms with Gasteiger partial charge in [-0.1, -0.05) is 0 Å². The van der Waals surface area contributed by atoms with Crippen LogP contribution in [0.5, 0.6) is 11.5 Å². The van der Waals surface area contributed by atoms with E-state index in [0.29, 0.717) is 30.3 Å². The first kappa shape index (κ1) is 19.4. The Bertz CT molecular complexity index is 698. The molecule has 0 aliphatic carbocycles. The highest BCUT2D eigenvalue weighted by Gasteiger charge is 2.21. The lowest BCUT2D eigenvalue weighted by Crippen LogP contribution is -2.47. The van der Waals surface area contributed by atoms with Crippen molar-refractivity contribution in [2.45, 2.75) is 26.4 Å². The highest BCUT2D eigenvalue weighted by Crippen LogP contribution is 2.30. The number of hydrogen-bond donors (Lipinski definition) is 2. The van der Waals surface area contributed by atoms with Crippen molar-refractivity contribution in [1.29, 1.82) is 0 Å². The summed E-state index contributed by atoms with van der Waals surface area (Å²) in [6.45, 7) is 5.78. The Morgan fingerprint density at radius 3 is 2.42 bits per heavy atom.